The third kappa shape index (κ3) is 8.11. The number of nitrogens with two attached hydrogens (primary N) is 1. The van der Waals surface area contributed by atoms with Gasteiger partial charge in [-0.15, -0.1) is 24.8 Å². The highest BCUT2D eigenvalue weighted by Crippen LogP contribution is 1.97. The van der Waals surface area contributed by atoms with Crippen LogP contribution in [0.2, 0.25) is 0 Å². The summed E-state index contributed by atoms with van der Waals surface area (Å²) >= 11 is 0. The summed E-state index contributed by atoms with van der Waals surface area (Å²) in [6.07, 6.45) is 0.989. The average molecular weight is 302 g/mol. The van der Waals surface area contributed by atoms with Gasteiger partial charge >= 0.3 is 0 Å². The molecular weight excluding hydrogens is 277 g/mol. The van der Waals surface area contributed by atoms with E-state index < -0.39 is 0 Å². The highest BCUT2D eigenvalue weighted by Gasteiger charge is 2.11. The molecule has 0 aromatic heterocycles. The maximum atomic E-state index is 11.4. The van der Waals surface area contributed by atoms with Crippen molar-refractivity contribution in [3.63, 3.8) is 0 Å². The first-order valence-corrected chi connectivity index (χ1v) is 6.02. The van der Waals surface area contributed by atoms with Gasteiger partial charge in [-0.3, -0.25) is 9.69 Å². The largest absolute Gasteiger partial charge is 0.379 e. The van der Waals surface area contributed by atoms with E-state index in [-0.39, 0.29) is 36.6 Å². The van der Waals surface area contributed by atoms with Crippen molar-refractivity contribution < 1.29 is 9.53 Å². The number of amides is 1. The predicted molar refractivity (Wildman–Crippen MR) is 77.6 cm³/mol. The predicted octanol–water partition coefficient (Wildman–Crippen LogP) is 0.263. The van der Waals surface area contributed by atoms with Gasteiger partial charge in [0.2, 0.25) is 5.91 Å². The number of carbonyl (C=O) groups excluding carboxylic acids is 1. The average Bonchev–Trinajstić information content (AvgIpc) is 2.34. The van der Waals surface area contributed by atoms with Crippen LogP contribution in [0.15, 0.2) is 0 Å². The Labute approximate surface area is 122 Å². The first-order chi connectivity index (χ1) is 7.74. The van der Waals surface area contributed by atoms with E-state index in [9.17, 15) is 4.79 Å². The number of morpholine rings is 1. The molecule has 3 N–H and O–H groups in total. The zero-order valence-electron chi connectivity index (χ0n) is 10.9. The Kier molecular flexibility index (Phi) is 13.5. The van der Waals surface area contributed by atoms with Crippen molar-refractivity contribution in [1.82, 2.24) is 10.2 Å². The van der Waals surface area contributed by atoms with E-state index in [2.05, 4.69) is 10.2 Å². The quantitative estimate of drug-likeness (QED) is 0.691. The van der Waals surface area contributed by atoms with Gasteiger partial charge in [0, 0.05) is 32.1 Å². The van der Waals surface area contributed by atoms with Crippen LogP contribution in [0, 0.1) is 5.92 Å². The van der Waals surface area contributed by atoms with E-state index in [1.165, 1.54) is 0 Å². The minimum Gasteiger partial charge on any atom is -0.379 e. The Balaban J connectivity index is 0. The molecule has 1 unspecified atom stereocenters. The molecule has 0 aromatic rings. The molecule has 1 aliphatic rings. The van der Waals surface area contributed by atoms with Crippen LogP contribution in [0.3, 0.4) is 0 Å². The number of halogens is 2. The third-order valence-electron chi connectivity index (χ3n) is 2.86. The molecule has 1 rings (SSSR count). The zero-order chi connectivity index (χ0) is 11.8. The van der Waals surface area contributed by atoms with Gasteiger partial charge in [0.1, 0.15) is 0 Å². The van der Waals surface area contributed by atoms with Gasteiger partial charge in [-0.05, 0) is 13.0 Å². The molecule has 0 bridgehead atoms. The standard InChI is InChI=1S/C11H23N3O2.2ClH/c1-10(9-12)11(15)13-3-2-4-14-5-7-16-8-6-14;;/h10H,2-9,12H2,1H3,(H,13,15);2*1H. The van der Waals surface area contributed by atoms with Crippen molar-refractivity contribution in [1.29, 1.82) is 0 Å². The van der Waals surface area contributed by atoms with E-state index in [4.69, 9.17) is 10.5 Å². The first kappa shape index (κ1) is 20.3. The van der Waals surface area contributed by atoms with Crippen LogP contribution >= 0.6 is 24.8 Å². The number of hydrogen-bond acceptors (Lipinski definition) is 4. The molecule has 1 aliphatic heterocycles. The van der Waals surface area contributed by atoms with Crippen molar-refractivity contribution in [2.45, 2.75) is 13.3 Å². The van der Waals surface area contributed by atoms with Crippen LogP contribution in [-0.4, -0.2) is 56.7 Å². The molecule has 0 aliphatic carbocycles. The number of rotatable bonds is 6. The van der Waals surface area contributed by atoms with E-state index in [1.54, 1.807) is 0 Å². The molecule has 1 heterocycles. The number of nitrogens with one attached hydrogen (secondary N) is 1. The van der Waals surface area contributed by atoms with Crippen molar-refractivity contribution in [3.8, 4) is 0 Å². The summed E-state index contributed by atoms with van der Waals surface area (Å²) in [5.41, 5.74) is 5.41. The lowest BCUT2D eigenvalue weighted by atomic mass is 10.1. The van der Waals surface area contributed by atoms with Crippen molar-refractivity contribution >= 4 is 30.7 Å². The van der Waals surface area contributed by atoms with Crippen molar-refractivity contribution in [2.75, 3.05) is 45.9 Å². The molecule has 1 atom stereocenters. The Bertz CT molecular complexity index is 214. The lowest BCUT2D eigenvalue weighted by Crippen LogP contribution is -2.39. The Hall–Kier alpha value is -0.0700. The van der Waals surface area contributed by atoms with Gasteiger partial charge in [-0.25, -0.2) is 0 Å². The highest BCUT2D eigenvalue weighted by molar-refractivity contribution is 5.85. The van der Waals surface area contributed by atoms with E-state index in [0.717, 1.165) is 45.8 Å². The minimum atomic E-state index is -0.0802. The van der Waals surface area contributed by atoms with Crippen LogP contribution < -0.4 is 11.1 Å². The molecule has 0 spiro atoms. The van der Waals surface area contributed by atoms with Gasteiger partial charge in [-0.1, -0.05) is 6.92 Å². The summed E-state index contributed by atoms with van der Waals surface area (Å²) in [4.78, 5) is 13.8. The minimum absolute atomic E-state index is 0. The zero-order valence-corrected chi connectivity index (χ0v) is 12.5. The lowest BCUT2D eigenvalue weighted by molar-refractivity contribution is -0.124. The summed E-state index contributed by atoms with van der Waals surface area (Å²) in [5.74, 6) is -0.0205. The van der Waals surface area contributed by atoms with E-state index >= 15 is 0 Å². The first-order valence-electron chi connectivity index (χ1n) is 6.02. The molecule has 0 saturated carbocycles. The van der Waals surface area contributed by atoms with Crippen LogP contribution in [0.25, 0.3) is 0 Å². The second kappa shape index (κ2) is 12.0. The summed E-state index contributed by atoms with van der Waals surface area (Å²) in [7, 11) is 0. The van der Waals surface area contributed by atoms with Gasteiger partial charge in [-0.2, -0.15) is 0 Å². The normalized spacial score (nSPS) is 17.2. The van der Waals surface area contributed by atoms with Gasteiger partial charge < -0.3 is 15.8 Å². The summed E-state index contributed by atoms with van der Waals surface area (Å²) in [6.45, 7) is 7.70. The second-order valence-electron chi connectivity index (χ2n) is 4.24. The smallest absolute Gasteiger partial charge is 0.224 e. The fourth-order valence-corrected chi connectivity index (χ4v) is 1.62. The van der Waals surface area contributed by atoms with Crippen LogP contribution in [0.4, 0.5) is 0 Å². The molecule has 5 nitrogen and oxygen atoms in total. The maximum absolute atomic E-state index is 11.4. The van der Waals surface area contributed by atoms with E-state index in [1.807, 2.05) is 6.92 Å². The van der Waals surface area contributed by atoms with E-state index in [0.29, 0.717) is 6.54 Å². The van der Waals surface area contributed by atoms with Crippen LogP contribution in [0.5, 0.6) is 0 Å². The molecule has 7 heteroatoms. The highest BCUT2D eigenvalue weighted by atomic mass is 35.5. The molecule has 1 amide bonds. The third-order valence-corrected chi connectivity index (χ3v) is 2.86. The maximum Gasteiger partial charge on any atom is 0.224 e. The SMILES string of the molecule is CC(CN)C(=O)NCCCN1CCOCC1.Cl.Cl. The van der Waals surface area contributed by atoms with Crippen molar-refractivity contribution in [3.05, 3.63) is 0 Å². The van der Waals surface area contributed by atoms with Crippen LogP contribution in [0.1, 0.15) is 13.3 Å². The van der Waals surface area contributed by atoms with Crippen LogP contribution in [-0.2, 0) is 9.53 Å². The fraction of sp³-hybridized carbons (Fsp3) is 0.909. The number of hydrogen-bond donors (Lipinski definition) is 2. The molecule has 0 radical (unpaired) electrons. The Morgan fingerprint density at radius 1 is 1.39 bits per heavy atom. The molecular formula is C11H25Cl2N3O2. The monoisotopic (exact) mass is 301 g/mol. The molecule has 110 valence electrons. The topological polar surface area (TPSA) is 67.6 Å². The van der Waals surface area contributed by atoms with Gasteiger partial charge in [0.25, 0.3) is 0 Å². The summed E-state index contributed by atoms with van der Waals surface area (Å²) < 4.78 is 5.26. The Morgan fingerprint density at radius 3 is 2.56 bits per heavy atom. The molecule has 18 heavy (non-hydrogen) atoms. The van der Waals surface area contributed by atoms with Crippen molar-refractivity contribution in [2.24, 2.45) is 11.7 Å². The van der Waals surface area contributed by atoms with Gasteiger partial charge in [0.05, 0.1) is 13.2 Å². The number of carbonyl (C=O) groups is 1. The molecule has 1 saturated heterocycles. The molecule has 1 fully saturated rings. The fourth-order valence-electron chi connectivity index (χ4n) is 1.62. The number of nitrogens with zero attached hydrogens (tertiary/aromatic N) is 1. The summed E-state index contributed by atoms with van der Waals surface area (Å²) in [5, 5.41) is 2.90. The molecule has 0 aromatic carbocycles. The second-order valence-corrected chi connectivity index (χ2v) is 4.24. The Morgan fingerprint density at radius 2 is 2.00 bits per heavy atom. The lowest BCUT2D eigenvalue weighted by Gasteiger charge is -2.26. The summed E-state index contributed by atoms with van der Waals surface area (Å²) in [6, 6.07) is 0. The van der Waals surface area contributed by atoms with Gasteiger partial charge in [0.15, 0.2) is 0 Å². The number of ether oxygens (including phenoxy) is 1.